The van der Waals surface area contributed by atoms with Crippen LogP contribution in [0.1, 0.15) is 25.2 Å². The summed E-state index contributed by atoms with van der Waals surface area (Å²) in [4.78, 5) is 2.39. The van der Waals surface area contributed by atoms with Crippen molar-refractivity contribution >= 4 is 11.0 Å². The zero-order valence-corrected chi connectivity index (χ0v) is 13.3. The molecule has 1 aromatic carbocycles. The number of para-hydroxylation sites is 1. The van der Waals surface area contributed by atoms with Crippen molar-refractivity contribution in [2.75, 3.05) is 33.4 Å². The highest BCUT2D eigenvalue weighted by Gasteiger charge is 2.15. The Hall–Kier alpha value is -1.36. The highest BCUT2D eigenvalue weighted by molar-refractivity contribution is 5.82. The van der Waals surface area contributed by atoms with E-state index in [1.165, 1.54) is 10.9 Å². The molecule has 116 valence electrons. The third kappa shape index (κ3) is 4.06. The zero-order chi connectivity index (χ0) is 15.1. The lowest BCUT2D eigenvalue weighted by molar-refractivity contribution is 0.113. The second-order valence-corrected chi connectivity index (χ2v) is 5.10. The molecule has 0 atom stereocenters. The number of hydrogen-bond donors (Lipinski definition) is 1. The Morgan fingerprint density at radius 2 is 2.05 bits per heavy atom. The van der Waals surface area contributed by atoms with E-state index in [2.05, 4.69) is 29.3 Å². The average molecular weight is 290 g/mol. The first-order chi connectivity index (χ1) is 10.3. The molecule has 1 heterocycles. The summed E-state index contributed by atoms with van der Waals surface area (Å²) in [6, 6.07) is 8.27. The van der Waals surface area contributed by atoms with Crippen molar-refractivity contribution in [3.8, 4) is 0 Å². The molecule has 0 amide bonds. The maximum absolute atomic E-state index is 5.99. The van der Waals surface area contributed by atoms with Gasteiger partial charge in [-0.1, -0.05) is 25.1 Å². The summed E-state index contributed by atoms with van der Waals surface area (Å²) >= 11 is 0. The van der Waals surface area contributed by atoms with Crippen LogP contribution in [0.2, 0.25) is 0 Å². The van der Waals surface area contributed by atoms with Gasteiger partial charge >= 0.3 is 0 Å². The van der Waals surface area contributed by atoms with E-state index >= 15 is 0 Å². The van der Waals surface area contributed by atoms with Gasteiger partial charge in [-0.25, -0.2) is 0 Å². The summed E-state index contributed by atoms with van der Waals surface area (Å²) in [6.07, 6.45) is 0. The maximum atomic E-state index is 5.99. The molecule has 4 nitrogen and oxygen atoms in total. The van der Waals surface area contributed by atoms with E-state index < -0.39 is 0 Å². The van der Waals surface area contributed by atoms with Crippen LogP contribution >= 0.6 is 0 Å². The fraction of sp³-hybridized carbons (Fsp3) is 0.529. The summed E-state index contributed by atoms with van der Waals surface area (Å²) in [7, 11) is 1.95. The molecule has 0 aliphatic heterocycles. The lowest BCUT2D eigenvalue weighted by Gasteiger charge is -2.20. The molecule has 2 rings (SSSR count). The summed E-state index contributed by atoms with van der Waals surface area (Å²) in [6.45, 7) is 9.38. The summed E-state index contributed by atoms with van der Waals surface area (Å²) in [5.74, 6) is 1.04. The minimum Gasteiger partial charge on any atom is -0.459 e. The fourth-order valence-corrected chi connectivity index (χ4v) is 2.54. The van der Waals surface area contributed by atoms with Crippen molar-refractivity contribution in [1.29, 1.82) is 0 Å². The van der Waals surface area contributed by atoms with Crippen molar-refractivity contribution in [3.05, 3.63) is 35.6 Å². The van der Waals surface area contributed by atoms with Gasteiger partial charge in [-0.2, -0.15) is 0 Å². The molecule has 0 saturated heterocycles. The van der Waals surface area contributed by atoms with Gasteiger partial charge in [-0.15, -0.1) is 0 Å². The number of nitrogens with one attached hydrogen (secondary N) is 1. The highest BCUT2D eigenvalue weighted by atomic mass is 16.5. The van der Waals surface area contributed by atoms with Crippen LogP contribution in [0.3, 0.4) is 0 Å². The standard InChI is InChI=1S/C17H26N2O2/c1-4-19(10-11-20-5-2)13-15-14-8-6-7-9-16(14)21-17(15)12-18-3/h6-9,18H,4-5,10-13H2,1-3H3. The van der Waals surface area contributed by atoms with Gasteiger partial charge in [-0.3, -0.25) is 4.90 Å². The molecule has 4 heteroatoms. The van der Waals surface area contributed by atoms with E-state index in [1.807, 2.05) is 26.1 Å². The largest absolute Gasteiger partial charge is 0.459 e. The lowest BCUT2D eigenvalue weighted by Crippen LogP contribution is -2.27. The Bertz CT molecular complexity index is 551. The molecule has 1 N–H and O–H groups in total. The summed E-state index contributed by atoms with van der Waals surface area (Å²) < 4.78 is 11.5. The second-order valence-electron chi connectivity index (χ2n) is 5.10. The number of furan rings is 1. The van der Waals surface area contributed by atoms with Gasteiger partial charge in [0.1, 0.15) is 11.3 Å². The monoisotopic (exact) mass is 290 g/mol. The first kappa shape index (κ1) is 16.0. The molecular weight excluding hydrogens is 264 g/mol. The normalized spacial score (nSPS) is 11.6. The predicted molar refractivity (Wildman–Crippen MR) is 86.4 cm³/mol. The molecule has 0 spiro atoms. The predicted octanol–water partition coefficient (Wildman–Crippen LogP) is 3.01. The summed E-state index contributed by atoms with van der Waals surface area (Å²) in [5, 5.41) is 4.41. The van der Waals surface area contributed by atoms with Gasteiger partial charge in [0.05, 0.1) is 13.2 Å². The summed E-state index contributed by atoms with van der Waals surface area (Å²) in [5.41, 5.74) is 2.26. The second kappa shape index (κ2) is 8.17. The fourth-order valence-electron chi connectivity index (χ4n) is 2.54. The van der Waals surface area contributed by atoms with E-state index in [-0.39, 0.29) is 0 Å². The van der Waals surface area contributed by atoms with E-state index in [9.17, 15) is 0 Å². The van der Waals surface area contributed by atoms with Crippen molar-refractivity contribution in [1.82, 2.24) is 10.2 Å². The molecule has 0 aliphatic carbocycles. The van der Waals surface area contributed by atoms with Crippen molar-refractivity contribution < 1.29 is 9.15 Å². The molecule has 0 saturated carbocycles. The van der Waals surface area contributed by atoms with Crippen LogP contribution in [-0.4, -0.2) is 38.3 Å². The minimum atomic E-state index is 0.757. The van der Waals surface area contributed by atoms with Gasteiger partial charge < -0.3 is 14.5 Å². The first-order valence-electron chi connectivity index (χ1n) is 7.74. The third-order valence-electron chi connectivity index (χ3n) is 3.70. The van der Waals surface area contributed by atoms with Crippen molar-refractivity contribution in [2.24, 2.45) is 0 Å². The van der Waals surface area contributed by atoms with Crippen LogP contribution in [0.15, 0.2) is 28.7 Å². The Labute approximate surface area is 127 Å². The number of nitrogens with zero attached hydrogens (tertiary/aromatic N) is 1. The highest BCUT2D eigenvalue weighted by Crippen LogP contribution is 2.27. The lowest BCUT2D eigenvalue weighted by atomic mass is 10.1. The van der Waals surface area contributed by atoms with E-state index in [0.717, 1.165) is 50.7 Å². The van der Waals surface area contributed by atoms with Crippen LogP contribution in [0, 0.1) is 0 Å². The van der Waals surface area contributed by atoms with Gasteiger partial charge in [0, 0.05) is 30.6 Å². The molecule has 2 aromatic rings. The topological polar surface area (TPSA) is 37.6 Å². The van der Waals surface area contributed by atoms with E-state index in [0.29, 0.717) is 0 Å². The van der Waals surface area contributed by atoms with Gasteiger partial charge in [0.25, 0.3) is 0 Å². The molecule has 1 aromatic heterocycles. The SMILES string of the molecule is CCOCCN(CC)Cc1c(CNC)oc2ccccc12. The number of rotatable bonds is 9. The van der Waals surface area contributed by atoms with Crippen molar-refractivity contribution in [3.63, 3.8) is 0 Å². The van der Waals surface area contributed by atoms with Crippen LogP contribution in [0.25, 0.3) is 11.0 Å². The average Bonchev–Trinajstić information content (AvgIpc) is 2.84. The first-order valence-corrected chi connectivity index (χ1v) is 7.74. The Morgan fingerprint density at radius 3 is 2.76 bits per heavy atom. The van der Waals surface area contributed by atoms with Crippen LogP contribution < -0.4 is 5.32 Å². The zero-order valence-electron chi connectivity index (χ0n) is 13.3. The van der Waals surface area contributed by atoms with E-state index in [4.69, 9.17) is 9.15 Å². The van der Waals surface area contributed by atoms with Crippen LogP contribution in [0.4, 0.5) is 0 Å². The Morgan fingerprint density at radius 1 is 1.24 bits per heavy atom. The van der Waals surface area contributed by atoms with Gasteiger partial charge in [0.2, 0.25) is 0 Å². The molecule has 0 aliphatic rings. The van der Waals surface area contributed by atoms with Crippen LogP contribution in [-0.2, 0) is 17.8 Å². The molecular formula is C17H26N2O2. The number of hydrogen-bond acceptors (Lipinski definition) is 4. The third-order valence-corrected chi connectivity index (χ3v) is 3.70. The number of fused-ring (bicyclic) bond motifs is 1. The quantitative estimate of drug-likeness (QED) is 0.720. The smallest absolute Gasteiger partial charge is 0.134 e. The van der Waals surface area contributed by atoms with Crippen molar-refractivity contribution in [2.45, 2.75) is 26.9 Å². The molecule has 0 unspecified atom stereocenters. The van der Waals surface area contributed by atoms with Crippen LogP contribution in [0.5, 0.6) is 0 Å². The minimum absolute atomic E-state index is 0.757. The number of likely N-dealkylation sites (N-methyl/N-ethyl adjacent to an activating group) is 1. The Balaban J connectivity index is 2.19. The van der Waals surface area contributed by atoms with E-state index in [1.54, 1.807) is 0 Å². The number of benzene rings is 1. The molecule has 21 heavy (non-hydrogen) atoms. The molecule has 0 radical (unpaired) electrons. The molecule has 0 bridgehead atoms. The maximum Gasteiger partial charge on any atom is 0.134 e. The van der Waals surface area contributed by atoms with Gasteiger partial charge in [-0.05, 0) is 26.6 Å². The Kier molecular flexibility index (Phi) is 6.23. The number of ether oxygens (including phenoxy) is 1. The molecule has 0 fully saturated rings. The van der Waals surface area contributed by atoms with Gasteiger partial charge in [0.15, 0.2) is 0 Å².